The largest absolute Gasteiger partial charge is 0.0654 e. The molecule has 0 heterocycles. The molecule has 0 rings (SSSR count). The molecule has 0 heteroatoms. The van der Waals surface area contributed by atoms with Crippen molar-refractivity contribution in [1.82, 2.24) is 0 Å². The lowest BCUT2D eigenvalue weighted by Crippen LogP contribution is -2.57. The second-order valence-electron chi connectivity index (χ2n) is 26.1. The standard InChI is InChI=1S/C71H144/c1-12-19-26-32-36-38-42-49-60-69(61-50-44-46-55-66(8)9,59-48-41-37-33-27-20-13-2)71(65-54-56-67(10)11,64-53-43-35-29-22-15-4)70(62-51-31-24-17-6,63-52-40-30-23-16-5)68(57-45-25-18-7)58-47-39-34-28-21-14-3/h66-68H,12-65H2,1-11H3. The first kappa shape index (κ1) is 71.0. The minimum atomic E-state index is 0.442. The number of unbranched alkanes of at least 4 members (excludes halogenated alkanes) is 34. The average molecular weight is 998 g/mol. The smallest absolute Gasteiger partial charge is 0.0182 e. The van der Waals surface area contributed by atoms with Crippen molar-refractivity contribution in [2.24, 2.45) is 34.0 Å². The third-order valence-electron chi connectivity index (χ3n) is 19.1. The molecule has 0 aliphatic rings. The van der Waals surface area contributed by atoms with Gasteiger partial charge in [-0.15, -0.1) is 0 Å². The van der Waals surface area contributed by atoms with Gasteiger partial charge in [0.05, 0.1) is 0 Å². The van der Waals surface area contributed by atoms with Crippen LogP contribution in [0.3, 0.4) is 0 Å². The Hall–Kier alpha value is 0. The third kappa shape index (κ3) is 33.7. The predicted octanol–water partition coefficient (Wildman–Crippen LogP) is 27.1. The summed E-state index contributed by atoms with van der Waals surface area (Å²) < 4.78 is 0. The Labute approximate surface area is 454 Å². The molecule has 4 atom stereocenters. The van der Waals surface area contributed by atoms with E-state index < -0.39 is 0 Å². The molecule has 0 aliphatic carbocycles. The molecule has 428 valence electrons. The van der Waals surface area contributed by atoms with Gasteiger partial charge in [0.25, 0.3) is 0 Å². The van der Waals surface area contributed by atoms with Crippen molar-refractivity contribution in [3.05, 3.63) is 0 Å². The molecule has 0 fully saturated rings. The van der Waals surface area contributed by atoms with Crippen molar-refractivity contribution in [1.29, 1.82) is 0 Å². The van der Waals surface area contributed by atoms with Gasteiger partial charge in [-0.05, 0) is 91.8 Å². The molecule has 0 saturated heterocycles. The molecule has 4 unspecified atom stereocenters. The molecule has 0 N–H and O–H groups in total. The normalized spacial score (nSPS) is 15.2. The summed E-state index contributed by atoms with van der Waals surface area (Å²) >= 11 is 0. The highest BCUT2D eigenvalue weighted by Crippen LogP contribution is 2.70. The zero-order chi connectivity index (χ0) is 52.4. The van der Waals surface area contributed by atoms with Crippen LogP contribution in [0.25, 0.3) is 0 Å². The van der Waals surface area contributed by atoms with E-state index >= 15 is 0 Å². The summed E-state index contributed by atoms with van der Waals surface area (Å²) in [5, 5.41) is 0. The highest BCUT2D eigenvalue weighted by molar-refractivity contribution is 5.11. The molecule has 0 saturated carbocycles. The van der Waals surface area contributed by atoms with Crippen molar-refractivity contribution >= 4 is 0 Å². The van der Waals surface area contributed by atoms with Crippen LogP contribution in [0, 0.1) is 34.0 Å². The van der Waals surface area contributed by atoms with Crippen molar-refractivity contribution in [2.75, 3.05) is 0 Å². The molecule has 0 aromatic heterocycles. The maximum absolute atomic E-state index is 2.58. The highest BCUT2D eigenvalue weighted by atomic mass is 14.7. The van der Waals surface area contributed by atoms with Gasteiger partial charge in [0.2, 0.25) is 0 Å². The fourth-order valence-electron chi connectivity index (χ4n) is 14.8. The van der Waals surface area contributed by atoms with Gasteiger partial charge in [0.15, 0.2) is 0 Å². The second-order valence-corrected chi connectivity index (χ2v) is 26.1. The van der Waals surface area contributed by atoms with Crippen LogP contribution >= 0.6 is 0 Å². The monoisotopic (exact) mass is 997 g/mol. The molecular formula is C71H144. The van der Waals surface area contributed by atoms with Crippen molar-refractivity contribution in [2.45, 2.75) is 423 Å². The van der Waals surface area contributed by atoms with Gasteiger partial charge < -0.3 is 0 Å². The molecule has 71 heavy (non-hydrogen) atoms. The summed E-state index contributed by atoms with van der Waals surface area (Å²) in [5.74, 6) is 2.54. The van der Waals surface area contributed by atoms with E-state index in [0.29, 0.717) is 16.2 Å². The minimum Gasteiger partial charge on any atom is -0.0654 e. The first-order valence-corrected chi connectivity index (χ1v) is 34.7. The van der Waals surface area contributed by atoms with Gasteiger partial charge in [-0.25, -0.2) is 0 Å². The zero-order valence-electron chi connectivity index (χ0n) is 52.4. The first-order valence-electron chi connectivity index (χ1n) is 34.7. The van der Waals surface area contributed by atoms with Crippen molar-refractivity contribution in [3.8, 4) is 0 Å². The van der Waals surface area contributed by atoms with Gasteiger partial charge in [0, 0.05) is 0 Å². The molecule has 0 bridgehead atoms. The van der Waals surface area contributed by atoms with E-state index in [1.807, 2.05) is 0 Å². The lowest BCUT2D eigenvalue weighted by Gasteiger charge is -2.66. The van der Waals surface area contributed by atoms with Gasteiger partial charge in [-0.1, -0.05) is 365 Å². The number of hydrogen-bond acceptors (Lipinski definition) is 0. The van der Waals surface area contributed by atoms with Crippen LogP contribution in [0.15, 0.2) is 0 Å². The Morgan fingerprint density at radius 2 is 0.437 bits per heavy atom. The molecule has 0 aromatic carbocycles. The summed E-state index contributed by atoms with van der Waals surface area (Å²) in [6, 6.07) is 0. The molecule has 0 amide bonds. The van der Waals surface area contributed by atoms with Crippen molar-refractivity contribution in [3.63, 3.8) is 0 Å². The fourth-order valence-corrected chi connectivity index (χ4v) is 14.8. The lowest BCUT2D eigenvalue weighted by atomic mass is 9.39. The van der Waals surface area contributed by atoms with Crippen LogP contribution in [0.2, 0.25) is 0 Å². The quantitative estimate of drug-likeness (QED) is 0.0533. The van der Waals surface area contributed by atoms with Crippen LogP contribution in [-0.4, -0.2) is 0 Å². The van der Waals surface area contributed by atoms with E-state index in [1.54, 1.807) is 51.4 Å². The van der Waals surface area contributed by atoms with Crippen LogP contribution in [0.4, 0.5) is 0 Å². The van der Waals surface area contributed by atoms with Crippen LogP contribution in [0.1, 0.15) is 423 Å². The Balaban J connectivity index is 8.71. The van der Waals surface area contributed by atoms with Gasteiger partial charge >= 0.3 is 0 Å². The Kier molecular flexibility index (Phi) is 50.8. The zero-order valence-corrected chi connectivity index (χ0v) is 52.4. The summed E-state index contributed by atoms with van der Waals surface area (Å²) in [6.45, 7) is 27.2. The highest BCUT2D eigenvalue weighted by Gasteiger charge is 2.61. The maximum atomic E-state index is 2.58. The summed E-state index contributed by atoms with van der Waals surface area (Å²) in [4.78, 5) is 0. The first-order chi connectivity index (χ1) is 34.7. The predicted molar refractivity (Wildman–Crippen MR) is 330 cm³/mol. The maximum Gasteiger partial charge on any atom is -0.0182 e. The van der Waals surface area contributed by atoms with E-state index in [1.165, 1.54) is 295 Å². The fraction of sp³-hybridized carbons (Fsp3) is 1.00. The molecule has 0 aliphatic heterocycles. The average Bonchev–Trinajstić information content (AvgIpc) is 3.35. The van der Waals surface area contributed by atoms with Gasteiger partial charge in [-0.2, -0.15) is 0 Å². The van der Waals surface area contributed by atoms with Crippen LogP contribution in [0.5, 0.6) is 0 Å². The number of rotatable bonds is 59. The number of hydrogen-bond donors (Lipinski definition) is 0. The van der Waals surface area contributed by atoms with Crippen LogP contribution < -0.4 is 0 Å². The molecule has 0 spiro atoms. The van der Waals surface area contributed by atoms with E-state index in [0.717, 1.165) is 17.8 Å². The molecular weight excluding hydrogens is 853 g/mol. The van der Waals surface area contributed by atoms with Gasteiger partial charge in [0.1, 0.15) is 0 Å². The Bertz CT molecular complexity index is 1020. The Morgan fingerprint density at radius 3 is 0.803 bits per heavy atom. The molecule has 0 nitrogen and oxygen atoms in total. The van der Waals surface area contributed by atoms with Crippen LogP contribution in [-0.2, 0) is 0 Å². The SMILES string of the molecule is CCCCCCCCCCC(CCCCCCCCC)(CCCCCC(C)C)C(CCCCCCCC)(CCCC(C)C)C(CCCCCC)(CCCCCCC)C(CCCCC)CCCCCCCC. The molecule has 0 radical (unpaired) electrons. The van der Waals surface area contributed by atoms with E-state index in [-0.39, 0.29) is 0 Å². The van der Waals surface area contributed by atoms with E-state index in [2.05, 4.69) is 76.2 Å². The minimum absolute atomic E-state index is 0.442. The lowest BCUT2D eigenvalue weighted by molar-refractivity contribution is -0.166. The second kappa shape index (κ2) is 50.8. The van der Waals surface area contributed by atoms with Crippen molar-refractivity contribution < 1.29 is 0 Å². The third-order valence-corrected chi connectivity index (χ3v) is 19.1. The summed E-state index contributed by atoms with van der Waals surface area (Å²) in [7, 11) is 0. The summed E-state index contributed by atoms with van der Waals surface area (Å²) in [6.07, 6.45) is 79.6. The summed E-state index contributed by atoms with van der Waals surface area (Å²) in [5.41, 5.74) is 1.37. The van der Waals surface area contributed by atoms with E-state index in [4.69, 9.17) is 0 Å². The topological polar surface area (TPSA) is 0 Å². The van der Waals surface area contributed by atoms with E-state index in [9.17, 15) is 0 Å². The Morgan fingerprint density at radius 1 is 0.211 bits per heavy atom. The van der Waals surface area contributed by atoms with Gasteiger partial charge in [-0.3, -0.25) is 0 Å². The molecule has 0 aromatic rings.